The number of nitrogens with zero attached hydrogens (tertiary/aromatic N) is 1. The molecule has 0 aliphatic carbocycles. The Hall–Kier alpha value is -3.03. The maximum Gasteiger partial charge on any atom is 0.326 e. The van der Waals surface area contributed by atoms with Crippen molar-refractivity contribution in [2.24, 2.45) is 11.5 Å². The Balaban J connectivity index is 2.60. The van der Waals surface area contributed by atoms with Crippen molar-refractivity contribution in [3.8, 4) is 0 Å². The van der Waals surface area contributed by atoms with Gasteiger partial charge in [0.15, 0.2) is 0 Å². The van der Waals surface area contributed by atoms with E-state index in [-0.39, 0.29) is 12.8 Å². The van der Waals surface area contributed by atoms with Gasteiger partial charge in [-0.1, -0.05) is 0 Å². The van der Waals surface area contributed by atoms with Gasteiger partial charge in [0.25, 0.3) is 0 Å². The Morgan fingerprint density at radius 2 is 1.87 bits per heavy atom. The molecule has 0 saturated carbocycles. The van der Waals surface area contributed by atoms with Crippen LogP contribution in [0.2, 0.25) is 0 Å². The molecule has 168 valence electrons. The predicted molar refractivity (Wildman–Crippen MR) is 105 cm³/mol. The lowest BCUT2D eigenvalue weighted by Crippen LogP contribution is -2.54. The molecular weight excluding hydrogens is 398 g/mol. The van der Waals surface area contributed by atoms with Crippen molar-refractivity contribution < 1.29 is 29.4 Å². The molecule has 3 unspecified atom stereocenters. The van der Waals surface area contributed by atoms with Crippen LogP contribution in [0.15, 0.2) is 12.5 Å². The summed E-state index contributed by atoms with van der Waals surface area (Å²) in [6.45, 7) is -0.660. The van der Waals surface area contributed by atoms with Crippen molar-refractivity contribution in [3.05, 3.63) is 18.2 Å². The fourth-order valence-corrected chi connectivity index (χ4v) is 2.48. The van der Waals surface area contributed by atoms with Gasteiger partial charge >= 0.3 is 5.97 Å². The highest BCUT2D eigenvalue weighted by molar-refractivity contribution is 5.92. The van der Waals surface area contributed by atoms with E-state index in [1.807, 2.05) is 0 Å². The molecule has 0 radical (unpaired) electrons. The molecule has 30 heavy (non-hydrogen) atoms. The molecule has 0 aromatic carbocycles. The fourth-order valence-electron chi connectivity index (χ4n) is 2.48. The topological polar surface area (TPSA) is 226 Å². The highest BCUT2D eigenvalue weighted by atomic mass is 16.4. The second kappa shape index (κ2) is 13.2. The van der Waals surface area contributed by atoms with Crippen molar-refractivity contribution in [1.29, 1.82) is 0 Å². The third-order valence-corrected chi connectivity index (χ3v) is 4.15. The summed E-state index contributed by atoms with van der Waals surface area (Å²) in [6, 6.07) is -3.37. The number of hydrogen-bond donors (Lipinski definition) is 8. The number of rotatable bonds is 14. The molecule has 1 rings (SSSR count). The number of aliphatic hydroxyl groups excluding tert-OH is 1. The lowest BCUT2D eigenvalue weighted by atomic mass is 10.1. The van der Waals surface area contributed by atoms with Crippen LogP contribution in [0.1, 0.15) is 25.0 Å². The van der Waals surface area contributed by atoms with Crippen molar-refractivity contribution in [1.82, 2.24) is 25.9 Å². The van der Waals surface area contributed by atoms with Gasteiger partial charge in [0.2, 0.25) is 17.7 Å². The van der Waals surface area contributed by atoms with Gasteiger partial charge in [-0.2, -0.15) is 0 Å². The zero-order chi connectivity index (χ0) is 22.5. The maximum atomic E-state index is 12.4. The lowest BCUT2D eigenvalue weighted by Gasteiger charge is -2.20. The Labute approximate surface area is 173 Å². The molecule has 1 heterocycles. The summed E-state index contributed by atoms with van der Waals surface area (Å²) >= 11 is 0. The van der Waals surface area contributed by atoms with Crippen LogP contribution in [0.3, 0.4) is 0 Å². The van der Waals surface area contributed by atoms with Crippen LogP contribution >= 0.6 is 0 Å². The van der Waals surface area contributed by atoms with Gasteiger partial charge in [0.1, 0.15) is 18.1 Å². The van der Waals surface area contributed by atoms with Gasteiger partial charge < -0.3 is 42.6 Å². The number of nitrogens with one attached hydrogen (secondary N) is 4. The van der Waals surface area contributed by atoms with Gasteiger partial charge in [0, 0.05) is 18.3 Å². The molecule has 1 aromatic rings. The number of carboxylic acid groups (broad SMARTS) is 1. The number of aromatic nitrogens is 2. The van der Waals surface area contributed by atoms with Crippen LogP contribution < -0.4 is 27.4 Å². The molecule has 0 fully saturated rings. The standard InChI is InChI=1S/C17H29N7O6/c18-4-2-1-3-12(24-15(27)11(19)8-25)16(28)21-7-14(26)23-13(17(29)30)5-10-6-20-9-22-10/h6,9,11-13,25H,1-5,7-8,18-19H2,(H,20,22)(H,21,28)(H,23,26)(H,24,27)(H,29,30). The molecule has 1 aromatic heterocycles. The Kier molecular flexibility index (Phi) is 11.0. The summed E-state index contributed by atoms with van der Waals surface area (Å²) in [5.74, 6) is -3.30. The third kappa shape index (κ3) is 8.98. The predicted octanol–water partition coefficient (Wildman–Crippen LogP) is -3.43. The van der Waals surface area contributed by atoms with Gasteiger partial charge in [0.05, 0.1) is 19.5 Å². The first-order valence-electron chi connectivity index (χ1n) is 9.42. The number of amides is 3. The summed E-state index contributed by atoms with van der Waals surface area (Å²) in [7, 11) is 0. The molecule has 10 N–H and O–H groups in total. The van der Waals surface area contributed by atoms with Gasteiger partial charge in [-0.3, -0.25) is 14.4 Å². The number of hydrogen-bond acceptors (Lipinski definition) is 8. The van der Waals surface area contributed by atoms with Crippen molar-refractivity contribution in [2.45, 2.75) is 43.8 Å². The molecule has 0 saturated heterocycles. The molecule has 3 atom stereocenters. The minimum Gasteiger partial charge on any atom is -0.480 e. The number of H-pyrrole nitrogens is 1. The first-order valence-corrected chi connectivity index (χ1v) is 9.42. The number of aliphatic carboxylic acids is 1. The Morgan fingerprint density at radius 3 is 2.43 bits per heavy atom. The summed E-state index contributed by atoms with van der Waals surface area (Å²) in [4.78, 5) is 54.2. The molecular formula is C17H29N7O6. The average Bonchev–Trinajstić information content (AvgIpc) is 3.23. The van der Waals surface area contributed by atoms with Crippen LogP contribution in [-0.4, -0.2) is 81.7 Å². The van der Waals surface area contributed by atoms with Crippen LogP contribution in [0.4, 0.5) is 0 Å². The number of carboxylic acids is 1. The minimum atomic E-state index is -1.24. The molecule has 0 spiro atoms. The lowest BCUT2D eigenvalue weighted by molar-refractivity contribution is -0.141. The SMILES string of the molecule is NCCCCC(NC(=O)C(N)CO)C(=O)NCC(=O)NC(Cc1cnc[nH]1)C(=O)O. The second-order valence-corrected chi connectivity index (χ2v) is 6.59. The number of carbonyl (C=O) groups excluding carboxylic acids is 3. The normalized spacial score (nSPS) is 13.7. The average molecular weight is 427 g/mol. The number of aliphatic hydroxyl groups is 1. The van der Waals surface area contributed by atoms with Crippen molar-refractivity contribution in [2.75, 3.05) is 19.7 Å². The van der Waals surface area contributed by atoms with Crippen LogP contribution in [0.5, 0.6) is 0 Å². The van der Waals surface area contributed by atoms with E-state index >= 15 is 0 Å². The van der Waals surface area contributed by atoms with Gasteiger partial charge in [-0.05, 0) is 25.8 Å². The number of nitrogens with two attached hydrogens (primary N) is 2. The second-order valence-electron chi connectivity index (χ2n) is 6.59. The summed E-state index contributed by atoms with van der Waals surface area (Å²) in [5.41, 5.74) is 11.4. The summed E-state index contributed by atoms with van der Waals surface area (Å²) < 4.78 is 0. The van der Waals surface area contributed by atoms with E-state index in [4.69, 9.17) is 16.6 Å². The van der Waals surface area contributed by atoms with Crippen molar-refractivity contribution >= 4 is 23.7 Å². The van der Waals surface area contributed by atoms with Gasteiger partial charge in [-0.15, -0.1) is 0 Å². The van der Waals surface area contributed by atoms with E-state index < -0.39 is 55.0 Å². The maximum absolute atomic E-state index is 12.4. The Bertz CT molecular complexity index is 697. The highest BCUT2D eigenvalue weighted by Crippen LogP contribution is 2.02. The van der Waals surface area contributed by atoms with Crippen LogP contribution in [0, 0.1) is 0 Å². The largest absolute Gasteiger partial charge is 0.480 e. The first kappa shape index (κ1) is 25.0. The summed E-state index contributed by atoms with van der Waals surface area (Å²) in [5, 5.41) is 25.3. The van der Waals surface area contributed by atoms with E-state index in [0.717, 1.165) is 0 Å². The van der Waals surface area contributed by atoms with Crippen molar-refractivity contribution in [3.63, 3.8) is 0 Å². The fraction of sp³-hybridized carbons (Fsp3) is 0.588. The molecule has 0 aliphatic heterocycles. The smallest absolute Gasteiger partial charge is 0.326 e. The molecule has 0 bridgehead atoms. The minimum absolute atomic E-state index is 0.00810. The first-order chi connectivity index (χ1) is 14.3. The number of aromatic amines is 1. The molecule has 0 aliphatic rings. The van der Waals surface area contributed by atoms with Crippen LogP contribution in [0.25, 0.3) is 0 Å². The third-order valence-electron chi connectivity index (χ3n) is 4.15. The highest BCUT2D eigenvalue weighted by Gasteiger charge is 2.25. The summed E-state index contributed by atoms with van der Waals surface area (Å²) in [6.07, 6.45) is 4.24. The monoisotopic (exact) mass is 427 g/mol. The van der Waals surface area contributed by atoms with E-state index in [9.17, 15) is 24.3 Å². The van der Waals surface area contributed by atoms with Gasteiger partial charge in [-0.25, -0.2) is 9.78 Å². The quantitative estimate of drug-likeness (QED) is 0.138. The van der Waals surface area contributed by atoms with E-state index in [0.29, 0.717) is 25.1 Å². The number of imidazole rings is 1. The molecule has 3 amide bonds. The van der Waals surface area contributed by atoms with E-state index in [1.54, 1.807) is 0 Å². The molecule has 13 nitrogen and oxygen atoms in total. The molecule has 13 heteroatoms. The van der Waals surface area contributed by atoms with E-state index in [2.05, 4.69) is 25.9 Å². The van der Waals surface area contributed by atoms with E-state index in [1.165, 1.54) is 12.5 Å². The zero-order valence-corrected chi connectivity index (χ0v) is 16.5. The number of carbonyl (C=O) groups is 4. The van der Waals surface area contributed by atoms with Crippen LogP contribution in [-0.2, 0) is 25.6 Å². The Morgan fingerprint density at radius 1 is 1.13 bits per heavy atom. The number of unbranched alkanes of at least 4 members (excludes halogenated alkanes) is 1. The zero-order valence-electron chi connectivity index (χ0n) is 16.5.